The van der Waals surface area contributed by atoms with Crippen molar-refractivity contribution < 1.29 is 19.1 Å². The highest BCUT2D eigenvalue weighted by molar-refractivity contribution is 6.20. The van der Waals surface area contributed by atoms with Crippen LogP contribution in [0.1, 0.15) is 32.8 Å². The first-order chi connectivity index (χ1) is 10.1. The van der Waals surface area contributed by atoms with E-state index in [0.717, 1.165) is 0 Å². The molecule has 5 heteroatoms. The highest BCUT2D eigenvalue weighted by atomic mass is 16.7. The van der Waals surface area contributed by atoms with Gasteiger partial charge in [-0.2, -0.15) is 0 Å². The molecule has 1 aromatic carbocycles. The van der Waals surface area contributed by atoms with Crippen LogP contribution in [-0.2, 0) is 24.5 Å². The van der Waals surface area contributed by atoms with Crippen LogP contribution in [0.5, 0.6) is 0 Å². The monoisotopic (exact) mass is 291 g/mol. The van der Waals surface area contributed by atoms with Crippen LogP contribution >= 0.6 is 0 Å². The Morgan fingerprint density at radius 1 is 1.24 bits per heavy atom. The summed E-state index contributed by atoms with van der Waals surface area (Å²) in [7, 11) is 0. The quantitative estimate of drug-likeness (QED) is 0.618. The molecule has 0 fully saturated rings. The minimum atomic E-state index is -1.23. The topological polar surface area (TPSA) is 64.6 Å². The molecule has 1 aliphatic heterocycles. The molecule has 1 aromatic rings. The van der Waals surface area contributed by atoms with Crippen LogP contribution < -0.4 is 5.32 Å². The molecule has 0 aliphatic carbocycles. The van der Waals surface area contributed by atoms with Crippen molar-refractivity contribution in [2.24, 2.45) is 0 Å². The Morgan fingerprint density at radius 2 is 1.86 bits per heavy atom. The summed E-state index contributed by atoms with van der Waals surface area (Å²) >= 11 is 0. The van der Waals surface area contributed by atoms with Crippen molar-refractivity contribution in [2.45, 2.75) is 38.9 Å². The second-order valence-corrected chi connectivity index (χ2v) is 5.01. The number of carbonyl (C=O) groups excluding carboxylic acids is 2. The van der Waals surface area contributed by atoms with Crippen molar-refractivity contribution in [3.8, 4) is 0 Å². The maximum Gasteiger partial charge on any atom is 0.242 e. The van der Waals surface area contributed by atoms with E-state index in [0.29, 0.717) is 24.5 Å². The Labute approximate surface area is 124 Å². The number of amides is 1. The number of benzene rings is 1. The number of hydrogen-bond acceptors (Lipinski definition) is 4. The van der Waals surface area contributed by atoms with E-state index in [2.05, 4.69) is 5.32 Å². The van der Waals surface area contributed by atoms with Gasteiger partial charge in [0.05, 0.1) is 0 Å². The number of ether oxygens (including phenoxy) is 2. The maximum atomic E-state index is 12.5. The molecule has 0 radical (unpaired) electrons. The molecule has 1 N–H and O–H groups in total. The van der Waals surface area contributed by atoms with E-state index in [1.807, 2.05) is 32.0 Å². The minimum Gasteiger partial charge on any atom is -0.353 e. The van der Waals surface area contributed by atoms with Gasteiger partial charge in [-0.15, -0.1) is 0 Å². The van der Waals surface area contributed by atoms with Gasteiger partial charge in [-0.1, -0.05) is 18.2 Å². The Hall–Kier alpha value is -1.72. The molecule has 21 heavy (non-hydrogen) atoms. The van der Waals surface area contributed by atoms with Crippen LogP contribution in [0.4, 0.5) is 5.69 Å². The van der Waals surface area contributed by atoms with Crippen molar-refractivity contribution in [3.63, 3.8) is 0 Å². The Kier molecular flexibility index (Phi) is 4.75. The molecule has 0 bridgehead atoms. The minimum absolute atomic E-state index is 0.187. The van der Waals surface area contributed by atoms with E-state index in [1.54, 1.807) is 6.07 Å². The summed E-state index contributed by atoms with van der Waals surface area (Å²) in [5.41, 5.74) is 0.155. The third kappa shape index (κ3) is 2.71. The van der Waals surface area contributed by atoms with Crippen molar-refractivity contribution in [1.82, 2.24) is 0 Å². The van der Waals surface area contributed by atoms with Crippen molar-refractivity contribution in [2.75, 3.05) is 18.5 Å². The van der Waals surface area contributed by atoms with Crippen molar-refractivity contribution in [1.29, 1.82) is 0 Å². The van der Waals surface area contributed by atoms with E-state index in [9.17, 15) is 9.59 Å². The lowest BCUT2D eigenvalue weighted by Gasteiger charge is -2.29. The summed E-state index contributed by atoms with van der Waals surface area (Å²) in [6, 6.07) is 7.27. The predicted molar refractivity (Wildman–Crippen MR) is 79.1 cm³/mol. The molecule has 1 aliphatic rings. The highest BCUT2D eigenvalue weighted by Gasteiger charge is 2.52. The van der Waals surface area contributed by atoms with Gasteiger partial charge in [-0.05, 0) is 32.4 Å². The van der Waals surface area contributed by atoms with Gasteiger partial charge in [0.15, 0.2) is 6.29 Å². The number of Topliss-reactive ketones (excluding diaryl/α,β-unsaturated/α-hetero) is 1. The first-order valence-corrected chi connectivity index (χ1v) is 7.21. The highest BCUT2D eigenvalue weighted by Crippen LogP contribution is 2.42. The number of carbonyl (C=O) groups is 2. The lowest BCUT2D eigenvalue weighted by atomic mass is 9.75. The molecule has 1 unspecified atom stereocenters. The fourth-order valence-electron chi connectivity index (χ4n) is 2.80. The smallest absolute Gasteiger partial charge is 0.242 e. The normalized spacial score (nSPS) is 20.5. The zero-order valence-electron chi connectivity index (χ0n) is 12.6. The summed E-state index contributed by atoms with van der Waals surface area (Å²) in [5.74, 6) is -0.505. The number of nitrogens with one attached hydrogen (secondary N) is 1. The predicted octanol–water partition coefficient (Wildman–Crippen LogP) is 2.25. The van der Waals surface area contributed by atoms with Crippen molar-refractivity contribution in [3.05, 3.63) is 29.8 Å². The third-order valence-corrected chi connectivity index (χ3v) is 3.80. The second-order valence-electron chi connectivity index (χ2n) is 5.01. The standard InChI is InChI=1S/C16H21NO4/c1-4-20-14(21-5-2)10-16(11(3)18)12-8-6-7-9-13(12)17-15(16)19/h6-9,14H,4-5,10H2,1-3H3,(H,17,19). The van der Waals surface area contributed by atoms with Crippen LogP contribution in [0.15, 0.2) is 24.3 Å². The zero-order chi connectivity index (χ0) is 15.5. The van der Waals surface area contributed by atoms with Crippen molar-refractivity contribution >= 4 is 17.4 Å². The van der Waals surface area contributed by atoms with Crippen LogP contribution in [0.25, 0.3) is 0 Å². The maximum absolute atomic E-state index is 12.5. The molecule has 5 nitrogen and oxygen atoms in total. The van der Waals surface area contributed by atoms with Gasteiger partial charge in [0.1, 0.15) is 11.2 Å². The number of para-hydroxylation sites is 1. The van der Waals surface area contributed by atoms with E-state index in [4.69, 9.17) is 9.47 Å². The lowest BCUT2D eigenvalue weighted by molar-refractivity contribution is -0.159. The Balaban J connectivity index is 2.42. The molecule has 1 atom stereocenters. The molecule has 0 spiro atoms. The van der Waals surface area contributed by atoms with E-state index >= 15 is 0 Å². The zero-order valence-corrected chi connectivity index (χ0v) is 12.6. The average Bonchev–Trinajstić information content (AvgIpc) is 2.73. The fourth-order valence-corrected chi connectivity index (χ4v) is 2.80. The van der Waals surface area contributed by atoms with Gasteiger partial charge in [-0.3, -0.25) is 9.59 Å². The summed E-state index contributed by atoms with van der Waals surface area (Å²) < 4.78 is 11.1. The largest absolute Gasteiger partial charge is 0.353 e. The molecular weight excluding hydrogens is 270 g/mol. The first-order valence-electron chi connectivity index (χ1n) is 7.21. The van der Waals surface area contributed by atoms with Crippen LogP contribution in [0.2, 0.25) is 0 Å². The summed E-state index contributed by atoms with van der Waals surface area (Å²) in [6.07, 6.45) is -0.395. The molecule has 2 rings (SSSR count). The molecule has 1 heterocycles. The lowest BCUT2D eigenvalue weighted by Crippen LogP contribution is -2.45. The average molecular weight is 291 g/mol. The summed E-state index contributed by atoms with van der Waals surface area (Å²) in [6.45, 7) is 6.07. The molecule has 0 aromatic heterocycles. The summed E-state index contributed by atoms with van der Waals surface area (Å²) in [5, 5.41) is 2.79. The number of anilines is 1. The number of fused-ring (bicyclic) bond motifs is 1. The van der Waals surface area contributed by atoms with Crippen LogP contribution in [-0.4, -0.2) is 31.2 Å². The van der Waals surface area contributed by atoms with Gasteiger partial charge >= 0.3 is 0 Å². The molecule has 0 saturated carbocycles. The van der Waals surface area contributed by atoms with E-state index < -0.39 is 11.7 Å². The van der Waals surface area contributed by atoms with Gasteiger partial charge in [0, 0.05) is 25.3 Å². The fraction of sp³-hybridized carbons (Fsp3) is 0.500. The van der Waals surface area contributed by atoms with E-state index in [1.165, 1.54) is 6.92 Å². The molecule has 1 amide bonds. The first kappa shape index (κ1) is 15.7. The SMILES string of the molecule is CCOC(CC1(C(C)=O)C(=O)Nc2ccccc21)OCC. The molecular formula is C16H21NO4. The van der Waals surface area contributed by atoms with Gasteiger partial charge < -0.3 is 14.8 Å². The third-order valence-electron chi connectivity index (χ3n) is 3.80. The van der Waals surface area contributed by atoms with Gasteiger partial charge in [-0.25, -0.2) is 0 Å². The Morgan fingerprint density at radius 3 is 2.43 bits per heavy atom. The molecule has 114 valence electrons. The van der Waals surface area contributed by atoms with E-state index in [-0.39, 0.29) is 18.1 Å². The Bertz CT molecular complexity index is 537. The molecule has 0 saturated heterocycles. The number of rotatable bonds is 7. The van der Waals surface area contributed by atoms with Gasteiger partial charge in [0.2, 0.25) is 5.91 Å². The second kappa shape index (κ2) is 6.37. The number of ketones is 1. The van der Waals surface area contributed by atoms with Crippen LogP contribution in [0, 0.1) is 0 Å². The van der Waals surface area contributed by atoms with Gasteiger partial charge in [0.25, 0.3) is 0 Å². The van der Waals surface area contributed by atoms with Crippen LogP contribution in [0.3, 0.4) is 0 Å². The number of hydrogen-bond donors (Lipinski definition) is 1. The summed E-state index contributed by atoms with van der Waals surface area (Å²) in [4.78, 5) is 24.8.